The Balaban J connectivity index is 2.31. The number of hydrogen-bond donors (Lipinski definition) is 0. The molecular weight excluding hydrogens is 365 g/mol. The topological polar surface area (TPSA) is 61.8 Å². The summed E-state index contributed by atoms with van der Waals surface area (Å²) in [6.45, 7) is 0. The monoisotopic (exact) mass is 380 g/mol. The quantitative estimate of drug-likeness (QED) is 0.318. The van der Waals surface area contributed by atoms with Gasteiger partial charge in [-0.25, -0.2) is 13.2 Å². The number of halogens is 3. The minimum atomic E-state index is -1.82. The molecule has 0 amide bonds. The molecule has 2 aromatic rings. The van der Waals surface area contributed by atoms with Crippen LogP contribution in [0.25, 0.3) is 6.08 Å². The maximum Gasteiger partial charge on any atom is 0.235 e. The van der Waals surface area contributed by atoms with Gasteiger partial charge in [-0.15, -0.1) is 0 Å². The molecule has 0 aliphatic rings. The van der Waals surface area contributed by atoms with Crippen LogP contribution < -0.4 is 14.2 Å². The van der Waals surface area contributed by atoms with E-state index in [1.54, 1.807) is 0 Å². The standard InChI is InChI=1S/C19H15F3O5/c1-25-14-8-10(9-15(26-2)19(14)27-3)4-7-13(23)18(24)11-5-6-12(20)17(22)16(11)21/h4-9H,1-3H3/b7-4+. The van der Waals surface area contributed by atoms with Crippen LogP contribution in [-0.4, -0.2) is 32.9 Å². The summed E-state index contributed by atoms with van der Waals surface area (Å²) in [6, 6.07) is 4.32. The molecule has 0 saturated carbocycles. The molecule has 0 unspecified atom stereocenters. The molecule has 2 aromatic carbocycles. The molecule has 0 bridgehead atoms. The van der Waals surface area contributed by atoms with E-state index in [-0.39, 0.29) is 0 Å². The van der Waals surface area contributed by atoms with Crippen molar-refractivity contribution in [3.8, 4) is 17.2 Å². The molecule has 2 rings (SSSR count). The average molecular weight is 380 g/mol. The maximum atomic E-state index is 13.7. The fourth-order valence-electron chi connectivity index (χ4n) is 2.28. The third-order valence-corrected chi connectivity index (χ3v) is 3.62. The molecular formula is C19H15F3O5. The normalized spacial score (nSPS) is 10.7. The van der Waals surface area contributed by atoms with Crippen LogP contribution in [0.2, 0.25) is 0 Å². The van der Waals surface area contributed by atoms with Crippen molar-refractivity contribution < 1.29 is 37.0 Å². The van der Waals surface area contributed by atoms with Gasteiger partial charge in [0.1, 0.15) is 0 Å². The Hall–Kier alpha value is -3.29. The van der Waals surface area contributed by atoms with Gasteiger partial charge in [0.05, 0.1) is 26.9 Å². The van der Waals surface area contributed by atoms with Crippen molar-refractivity contribution in [3.63, 3.8) is 0 Å². The van der Waals surface area contributed by atoms with E-state index >= 15 is 0 Å². The fraction of sp³-hybridized carbons (Fsp3) is 0.158. The first kappa shape index (κ1) is 20.0. The van der Waals surface area contributed by atoms with Gasteiger partial charge >= 0.3 is 0 Å². The van der Waals surface area contributed by atoms with Gasteiger partial charge in [0.2, 0.25) is 17.3 Å². The van der Waals surface area contributed by atoms with Crippen molar-refractivity contribution in [1.29, 1.82) is 0 Å². The summed E-state index contributed by atoms with van der Waals surface area (Å²) >= 11 is 0. The van der Waals surface area contributed by atoms with E-state index in [2.05, 4.69) is 0 Å². The second kappa shape index (κ2) is 8.39. The highest BCUT2D eigenvalue weighted by Gasteiger charge is 2.22. The predicted octanol–water partition coefficient (Wildman–Crippen LogP) is 3.59. The van der Waals surface area contributed by atoms with Gasteiger partial charge in [0, 0.05) is 0 Å². The Kier molecular flexibility index (Phi) is 6.23. The van der Waals surface area contributed by atoms with Crippen molar-refractivity contribution in [3.05, 3.63) is 58.9 Å². The lowest BCUT2D eigenvalue weighted by Gasteiger charge is -2.12. The summed E-state index contributed by atoms with van der Waals surface area (Å²) < 4.78 is 55.3. The number of Topliss-reactive ketones (excluding diaryl/α,β-unsaturated/α-hetero) is 1. The van der Waals surface area contributed by atoms with Crippen molar-refractivity contribution in [2.24, 2.45) is 0 Å². The van der Waals surface area contributed by atoms with Crippen LogP contribution in [0.1, 0.15) is 15.9 Å². The smallest absolute Gasteiger partial charge is 0.235 e. The minimum absolute atomic E-state index is 0.321. The number of carbonyl (C=O) groups is 2. The van der Waals surface area contributed by atoms with Gasteiger partial charge in [-0.3, -0.25) is 9.59 Å². The van der Waals surface area contributed by atoms with E-state index in [0.29, 0.717) is 34.9 Å². The van der Waals surface area contributed by atoms with E-state index in [1.165, 1.54) is 39.5 Å². The average Bonchev–Trinajstić information content (AvgIpc) is 2.68. The van der Waals surface area contributed by atoms with Crippen LogP contribution in [0.15, 0.2) is 30.3 Å². The van der Waals surface area contributed by atoms with Crippen LogP contribution in [0.5, 0.6) is 17.2 Å². The zero-order valence-electron chi connectivity index (χ0n) is 14.6. The largest absolute Gasteiger partial charge is 0.493 e. The van der Waals surface area contributed by atoms with E-state index in [1.807, 2.05) is 0 Å². The minimum Gasteiger partial charge on any atom is -0.493 e. The maximum absolute atomic E-state index is 13.7. The van der Waals surface area contributed by atoms with Crippen molar-refractivity contribution >= 4 is 17.6 Å². The number of hydrogen-bond acceptors (Lipinski definition) is 5. The van der Waals surface area contributed by atoms with Gasteiger partial charge in [-0.1, -0.05) is 6.08 Å². The van der Waals surface area contributed by atoms with Gasteiger partial charge in [0.15, 0.2) is 29.0 Å². The van der Waals surface area contributed by atoms with E-state index in [9.17, 15) is 22.8 Å². The van der Waals surface area contributed by atoms with E-state index in [0.717, 1.165) is 6.08 Å². The lowest BCUT2D eigenvalue weighted by molar-refractivity contribution is -0.110. The molecule has 142 valence electrons. The lowest BCUT2D eigenvalue weighted by atomic mass is 10.0. The van der Waals surface area contributed by atoms with Crippen LogP contribution in [-0.2, 0) is 4.79 Å². The number of carbonyl (C=O) groups excluding carboxylic acids is 2. The van der Waals surface area contributed by atoms with Crippen LogP contribution in [0.4, 0.5) is 13.2 Å². The second-order valence-corrected chi connectivity index (χ2v) is 5.21. The highest BCUT2D eigenvalue weighted by molar-refractivity contribution is 6.48. The Bertz CT molecular complexity index is 897. The number of ether oxygens (including phenoxy) is 3. The zero-order valence-corrected chi connectivity index (χ0v) is 14.6. The number of ketones is 2. The summed E-state index contributed by atoms with van der Waals surface area (Å²) in [5.41, 5.74) is -0.426. The predicted molar refractivity (Wildman–Crippen MR) is 90.8 cm³/mol. The molecule has 0 fully saturated rings. The van der Waals surface area contributed by atoms with Crippen molar-refractivity contribution in [1.82, 2.24) is 0 Å². The molecule has 0 heterocycles. The molecule has 8 heteroatoms. The Labute approximate surface area is 153 Å². The fourth-order valence-corrected chi connectivity index (χ4v) is 2.28. The molecule has 0 spiro atoms. The lowest BCUT2D eigenvalue weighted by Crippen LogP contribution is -2.14. The first-order valence-electron chi connectivity index (χ1n) is 7.54. The first-order chi connectivity index (χ1) is 12.8. The molecule has 27 heavy (non-hydrogen) atoms. The second-order valence-electron chi connectivity index (χ2n) is 5.21. The highest BCUT2D eigenvalue weighted by atomic mass is 19.2. The van der Waals surface area contributed by atoms with Crippen LogP contribution >= 0.6 is 0 Å². The van der Waals surface area contributed by atoms with Crippen molar-refractivity contribution in [2.45, 2.75) is 0 Å². The molecule has 0 atom stereocenters. The summed E-state index contributed by atoms with van der Waals surface area (Å²) in [5.74, 6) is -6.43. The number of rotatable bonds is 7. The van der Waals surface area contributed by atoms with Crippen molar-refractivity contribution in [2.75, 3.05) is 21.3 Å². The first-order valence-corrected chi connectivity index (χ1v) is 7.54. The third kappa shape index (κ3) is 4.11. The molecule has 0 N–H and O–H groups in total. The molecule has 0 saturated heterocycles. The molecule has 0 aliphatic heterocycles. The summed E-state index contributed by atoms with van der Waals surface area (Å²) in [4.78, 5) is 24.0. The number of methoxy groups -OCH3 is 3. The molecule has 5 nitrogen and oxygen atoms in total. The van der Waals surface area contributed by atoms with Gasteiger partial charge < -0.3 is 14.2 Å². The number of allylic oxidation sites excluding steroid dienone is 1. The SMILES string of the molecule is COc1cc(/C=C/C(=O)C(=O)c2ccc(F)c(F)c2F)cc(OC)c1OC. The number of benzene rings is 2. The Morgan fingerprint density at radius 3 is 2.00 bits per heavy atom. The Morgan fingerprint density at radius 1 is 0.889 bits per heavy atom. The Morgan fingerprint density at radius 2 is 1.48 bits per heavy atom. The zero-order chi connectivity index (χ0) is 20.1. The molecule has 0 radical (unpaired) electrons. The summed E-state index contributed by atoms with van der Waals surface area (Å²) in [6.07, 6.45) is 2.15. The third-order valence-electron chi connectivity index (χ3n) is 3.62. The van der Waals surface area contributed by atoms with Gasteiger partial charge in [-0.05, 0) is 35.9 Å². The van der Waals surface area contributed by atoms with Gasteiger partial charge in [0.25, 0.3) is 0 Å². The molecule has 0 aliphatic carbocycles. The van der Waals surface area contributed by atoms with Crippen LogP contribution in [0.3, 0.4) is 0 Å². The highest BCUT2D eigenvalue weighted by Crippen LogP contribution is 2.38. The van der Waals surface area contributed by atoms with Crippen LogP contribution in [0, 0.1) is 17.5 Å². The van der Waals surface area contributed by atoms with Gasteiger partial charge in [-0.2, -0.15) is 0 Å². The summed E-state index contributed by atoms with van der Waals surface area (Å²) in [7, 11) is 4.24. The summed E-state index contributed by atoms with van der Waals surface area (Å²) in [5, 5.41) is 0. The molecule has 0 aromatic heterocycles. The van der Waals surface area contributed by atoms with E-state index in [4.69, 9.17) is 14.2 Å². The van der Waals surface area contributed by atoms with E-state index < -0.39 is 34.6 Å².